The van der Waals surface area contributed by atoms with E-state index in [0.29, 0.717) is 11.1 Å². The van der Waals surface area contributed by atoms with Crippen LogP contribution in [0.3, 0.4) is 0 Å². The van der Waals surface area contributed by atoms with Gasteiger partial charge in [0.15, 0.2) is 5.78 Å². The van der Waals surface area contributed by atoms with E-state index < -0.39 is 29.1 Å². The van der Waals surface area contributed by atoms with Gasteiger partial charge in [0.05, 0.1) is 18.8 Å². The molecule has 0 aliphatic heterocycles. The van der Waals surface area contributed by atoms with Crippen molar-refractivity contribution in [3.63, 3.8) is 0 Å². The number of nitrogens with one attached hydrogen (secondary N) is 2. The highest BCUT2D eigenvalue weighted by atomic mass is 19.1. The Morgan fingerprint density at radius 3 is 2.24 bits per heavy atom. The van der Waals surface area contributed by atoms with Crippen LogP contribution in [0.5, 0.6) is 0 Å². The lowest BCUT2D eigenvalue weighted by Crippen LogP contribution is -2.38. The van der Waals surface area contributed by atoms with Gasteiger partial charge >= 0.3 is 0 Å². The average Bonchev–Trinajstić information content (AvgIpc) is 2.91. The molecular weight excluding hydrogens is 480 g/mol. The Morgan fingerprint density at radius 2 is 1.59 bits per heavy atom. The van der Waals surface area contributed by atoms with E-state index in [4.69, 9.17) is 0 Å². The highest BCUT2D eigenvalue weighted by Gasteiger charge is 2.18. The number of halogens is 2. The first-order valence-electron chi connectivity index (χ1n) is 11.3. The maximum Gasteiger partial charge on any atom is 0.277 e. The van der Waals surface area contributed by atoms with Crippen molar-refractivity contribution in [2.75, 3.05) is 12.4 Å². The largest absolute Gasteiger partial charge is 0.319 e. The molecule has 1 amide bonds. The van der Waals surface area contributed by atoms with E-state index in [9.17, 15) is 23.2 Å². The van der Waals surface area contributed by atoms with E-state index in [2.05, 4.69) is 20.6 Å². The Labute approximate surface area is 211 Å². The second-order valence-electron chi connectivity index (χ2n) is 8.31. The first-order chi connectivity index (χ1) is 17.8. The van der Waals surface area contributed by atoms with Crippen LogP contribution >= 0.6 is 0 Å². The summed E-state index contributed by atoms with van der Waals surface area (Å²) in [6, 6.07) is 11.6. The number of aromatic nitrogens is 3. The molecule has 0 aliphatic rings. The monoisotopic (exact) mass is 503 g/mol. The fourth-order valence-corrected chi connectivity index (χ4v) is 3.57. The summed E-state index contributed by atoms with van der Waals surface area (Å²) in [6.07, 6.45) is 4.13. The van der Waals surface area contributed by atoms with Crippen LogP contribution in [0, 0.1) is 11.6 Å². The zero-order chi connectivity index (χ0) is 26.5. The fraction of sp³-hybridized carbons (Fsp3) is 0.148. The highest BCUT2D eigenvalue weighted by molar-refractivity contribution is 6.08. The van der Waals surface area contributed by atoms with Crippen LogP contribution in [0.15, 0.2) is 78.0 Å². The third kappa shape index (κ3) is 5.81. The van der Waals surface area contributed by atoms with E-state index >= 15 is 0 Å². The van der Waals surface area contributed by atoms with Crippen molar-refractivity contribution in [3.8, 4) is 11.4 Å². The van der Waals surface area contributed by atoms with Gasteiger partial charge in [-0.05, 0) is 74.1 Å². The molecule has 2 heterocycles. The molecule has 188 valence electrons. The molecule has 2 aromatic heterocycles. The van der Waals surface area contributed by atoms with Crippen LogP contribution in [0.25, 0.3) is 11.4 Å². The Kier molecular flexibility index (Phi) is 7.59. The molecule has 37 heavy (non-hydrogen) atoms. The van der Waals surface area contributed by atoms with Crippen LogP contribution in [-0.2, 0) is 11.3 Å². The smallest absolute Gasteiger partial charge is 0.277 e. The summed E-state index contributed by atoms with van der Waals surface area (Å²) in [6.45, 7) is 1.60. The zero-order valence-electron chi connectivity index (χ0n) is 20.0. The maximum atomic E-state index is 13.5. The van der Waals surface area contributed by atoms with E-state index in [0.717, 1.165) is 0 Å². The molecule has 8 nitrogen and oxygen atoms in total. The number of hydrogen-bond acceptors (Lipinski definition) is 6. The molecule has 0 spiro atoms. The zero-order valence-corrected chi connectivity index (χ0v) is 20.0. The van der Waals surface area contributed by atoms with Crippen molar-refractivity contribution >= 4 is 17.4 Å². The van der Waals surface area contributed by atoms with E-state index in [1.807, 2.05) is 0 Å². The van der Waals surface area contributed by atoms with Gasteiger partial charge in [-0.15, -0.1) is 0 Å². The van der Waals surface area contributed by atoms with Crippen LogP contribution < -0.4 is 16.2 Å². The standard InChI is InChI=1S/C27H23F2N5O3/c1-16(30-2)26(36)33-23-14-32-25(19-5-9-22(29)10-6-19)34(27(23)37)15-17-11-20(13-31-12-17)24(35)18-3-7-21(28)8-4-18/h3-14,16,30H,15H2,1-2H3,(H,33,36)/t16-/m0/s1. The number of ketones is 1. The SMILES string of the molecule is CN[C@@H](C)C(=O)Nc1cnc(-c2ccc(F)cc2)n(Cc2cncc(C(=O)c3ccc(F)cc3)c2)c1=O. The Balaban J connectivity index is 1.74. The topological polar surface area (TPSA) is 106 Å². The minimum absolute atomic E-state index is 0.0375. The lowest BCUT2D eigenvalue weighted by Gasteiger charge is -2.16. The molecule has 0 fully saturated rings. The van der Waals surface area contributed by atoms with Crippen LogP contribution in [0.2, 0.25) is 0 Å². The first kappa shape index (κ1) is 25.5. The molecule has 10 heteroatoms. The van der Waals surface area contributed by atoms with Crippen molar-refractivity contribution in [3.05, 3.63) is 112 Å². The summed E-state index contributed by atoms with van der Waals surface area (Å²) in [5.74, 6) is -1.45. The highest BCUT2D eigenvalue weighted by Crippen LogP contribution is 2.19. The summed E-state index contributed by atoms with van der Waals surface area (Å²) in [4.78, 5) is 47.2. The van der Waals surface area contributed by atoms with E-state index in [1.54, 1.807) is 20.0 Å². The van der Waals surface area contributed by atoms with E-state index in [-0.39, 0.29) is 35.0 Å². The first-order valence-corrected chi connectivity index (χ1v) is 11.3. The molecule has 2 N–H and O–H groups in total. The second-order valence-corrected chi connectivity index (χ2v) is 8.31. The van der Waals surface area contributed by atoms with Gasteiger partial charge in [-0.1, -0.05) is 0 Å². The molecule has 4 aromatic rings. The summed E-state index contributed by atoms with van der Waals surface area (Å²) in [7, 11) is 1.62. The van der Waals surface area contributed by atoms with Gasteiger partial charge in [0, 0.05) is 29.1 Å². The number of benzene rings is 2. The second kappa shape index (κ2) is 11.0. The van der Waals surface area contributed by atoms with Gasteiger partial charge in [0.25, 0.3) is 5.56 Å². The Bertz CT molecular complexity index is 1500. The van der Waals surface area contributed by atoms with Crippen LogP contribution in [-0.4, -0.2) is 39.3 Å². The Hall–Kier alpha value is -4.57. The molecule has 0 radical (unpaired) electrons. The number of carbonyl (C=O) groups excluding carboxylic acids is 2. The third-order valence-electron chi connectivity index (χ3n) is 5.74. The lowest BCUT2D eigenvalue weighted by molar-refractivity contribution is -0.117. The van der Waals surface area contributed by atoms with E-state index in [1.165, 1.54) is 71.7 Å². The predicted octanol–water partition coefficient (Wildman–Crippen LogP) is 3.41. The number of amides is 1. The Morgan fingerprint density at radius 1 is 0.946 bits per heavy atom. The van der Waals surface area contributed by atoms with Gasteiger partial charge in [-0.2, -0.15) is 0 Å². The van der Waals surface area contributed by atoms with Crippen molar-refractivity contribution in [2.24, 2.45) is 0 Å². The van der Waals surface area contributed by atoms with Gasteiger partial charge in [-0.3, -0.25) is 23.9 Å². The molecular formula is C27H23F2N5O3. The van der Waals surface area contributed by atoms with Crippen molar-refractivity contribution < 1.29 is 18.4 Å². The predicted molar refractivity (Wildman–Crippen MR) is 134 cm³/mol. The summed E-state index contributed by atoms with van der Waals surface area (Å²) in [5.41, 5.74) is 0.944. The van der Waals surface area contributed by atoms with Crippen LogP contribution in [0.1, 0.15) is 28.4 Å². The van der Waals surface area contributed by atoms with Gasteiger partial charge < -0.3 is 10.6 Å². The number of pyridine rings is 1. The molecule has 4 rings (SSSR count). The average molecular weight is 504 g/mol. The molecule has 1 atom stereocenters. The van der Waals surface area contributed by atoms with Gasteiger partial charge in [-0.25, -0.2) is 13.8 Å². The van der Waals surface area contributed by atoms with Gasteiger partial charge in [0.2, 0.25) is 5.91 Å². The minimum Gasteiger partial charge on any atom is -0.319 e. The molecule has 0 bridgehead atoms. The summed E-state index contributed by atoms with van der Waals surface area (Å²) < 4.78 is 28.1. The number of nitrogens with zero attached hydrogens (tertiary/aromatic N) is 3. The van der Waals surface area contributed by atoms with Crippen molar-refractivity contribution in [1.82, 2.24) is 19.9 Å². The lowest BCUT2D eigenvalue weighted by atomic mass is 10.0. The molecule has 0 saturated heterocycles. The molecule has 0 aliphatic carbocycles. The van der Waals surface area contributed by atoms with Gasteiger partial charge in [0.1, 0.15) is 23.1 Å². The number of hydrogen-bond donors (Lipinski definition) is 2. The van der Waals surface area contributed by atoms with Crippen molar-refractivity contribution in [1.29, 1.82) is 0 Å². The third-order valence-corrected chi connectivity index (χ3v) is 5.74. The normalized spacial score (nSPS) is 11.7. The van der Waals surface area contributed by atoms with Crippen molar-refractivity contribution in [2.45, 2.75) is 19.5 Å². The molecule has 0 unspecified atom stereocenters. The fourth-order valence-electron chi connectivity index (χ4n) is 3.57. The minimum atomic E-state index is -0.553. The molecule has 2 aromatic carbocycles. The number of anilines is 1. The summed E-state index contributed by atoms with van der Waals surface area (Å²) in [5, 5.41) is 5.37. The van der Waals surface area contributed by atoms with Crippen LogP contribution in [0.4, 0.5) is 14.5 Å². The maximum absolute atomic E-state index is 13.5. The number of rotatable bonds is 8. The molecule has 0 saturated carbocycles. The summed E-state index contributed by atoms with van der Waals surface area (Å²) >= 11 is 0. The number of likely N-dealkylation sites (N-methyl/N-ethyl adjacent to an activating group) is 1. The number of carbonyl (C=O) groups is 2. The quantitative estimate of drug-likeness (QED) is 0.357.